The highest BCUT2D eigenvalue weighted by molar-refractivity contribution is 7.89. The van der Waals surface area contributed by atoms with E-state index >= 15 is 0 Å². The number of aryl methyl sites for hydroxylation is 1. The molecule has 20 heavy (non-hydrogen) atoms. The zero-order chi connectivity index (χ0) is 14.8. The Kier molecular flexibility index (Phi) is 4.42. The Labute approximate surface area is 122 Å². The van der Waals surface area contributed by atoms with Crippen LogP contribution in [-0.4, -0.2) is 8.42 Å². The third kappa shape index (κ3) is 3.36. The molecule has 0 atom stereocenters. The van der Waals surface area contributed by atoms with Crippen LogP contribution in [0.1, 0.15) is 11.1 Å². The van der Waals surface area contributed by atoms with Crippen molar-refractivity contribution in [2.75, 3.05) is 0 Å². The van der Waals surface area contributed by atoms with Gasteiger partial charge in [0, 0.05) is 6.54 Å². The van der Waals surface area contributed by atoms with Gasteiger partial charge in [0.05, 0.1) is 5.02 Å². The van der Waals surface area contributed by atoms with E-state index in [-0.39, 0.29) is 11.6 Å². The molecule has 0 aliphatic carbocycles. The molecule has 3 nitrogen and oxygen atoms in total. The number of benzene rings is 2. The van der Waals surface area contributed by atoms with Crippen LogP contribution in [0.25, 0.3) is 0 Å². The molecule has 0 saturated heterocycles. The van der Waals surface area contributed by atoms with E-state index in [1.165, 1.54) is 18.2 Å². The molecule has 0 spiro atoms. The molecular weight excluding hydrogens is 301 g/mol. The van der Waals surface area contributed by atoms with Gasteiger partial charge in [0.2, 0.25) is 10.0 Å². The second-order valence-electron chi connectivity index (χ2n) is 4.36. The first-order chi connectivity index (χ1) is 9.40. The summed E-state index contributed by atoms with van der Waals surface area (Å²) in [4.78, 5) is -0.447. The summed E-state index contributed by atoms with van der Waals surface area (Å²) in [5.41, 5.74) is 1.87. The average Bonchev–Trinajstić information content (AvgIpc) is 2.41. The maximum atomic E-state index is 13.7. The summed E-state index contributed by atoms with van der Waals surface area (Å²) >= 11 is 5.59. The highest BCUT2D eigenvalue weighted by Crippen LogP contribution is 2.21. The molecule has 2 rings (SSSR count). The minimum Gasteiger partial charge on any atom is -0.207 e. The van der Waals surface area contributed by atoms with Gasteiger partial charge in [-0.15, -0.1) is 0 Å². The lowest BCUT2D eigenvalue weighted by Gasteiger charge is -2.08. The molecule has 0 amide bonds. The monoisotopic (exact) mass is 313 g/mol. The van der Waals surface area contributed by atoms with E-state index in [1.807, 2.05) is 31.2 Å². The standard InChI is InChI=1S/C14H13ClFNO2S/c1-10-5-7-11(8-6-10)9-17-20(18,19)13-4-2-3-12(15)14(13)16/h2-8,17H,9H2,1H3. The summed E-state index contributed by atoms with van der Waals surface area (Å²) in [6.07, 6.45) is 0. The Bertz CT molecular complexity index is 714. The maximum absolute atomic E-state index is 13.7. The van der Waals surface area contributed by atoms with Crippen LogP contribution in [0.4, 0.5) is 4.39 Å². The zero-order valence-electron chi connectivity index (χ0n) is 10.7. The molecule has 0 unspecified atom stereocenters. The van der Waals surface area contributed by atoms with Gasteiger partial charge >= 0.3 is 0 Å². The van der Waals surface area contributed by atoms with Crippen molar-refractivity contribution in [2.24, 2.45) is 0 Å². The van der Waals surface area contributed by atoms with Crippen LogP contribution >= 0.6 is 11.6 Å². The van der Waals surface area contributed by atoms with E-state index in [2.05, 4.69) is 4.72 Å². The fraction of sp³-hybridized carbons (Fsp3) is 0.143. The zero-order valence-corrected chi connectivity index (χ0v) is 12.3. The van der Waals surface area contributed by atoms with E-state index in [4.69, 9.17) is 11.6 Å². The van der Waals surface area contributed by atoms with Crippen molar-refractivity contribution in [3.05, 3.63) is 64.4 Å². The molecule has 0 aliphatic heterocycles. The summed E-state index contributed by atoms with van der Waals surface area (Å²) in [7, 11) is -3.93. The summed E-state index contributed by atoms with van der Waals surface area (Å²) in [5.74, 6) is -0.939. The first-order valence-electron chi connectivity index (χ1n) is 5.89. The van der Waals surface area contributed by atoms with Gasteiger partial charge in [0.25, 0.3) is 0 Å². The number of hydrogen-bond donors (Lipinski definition) is 1. The molecule has 1 N–H and O–H groups in total. The van der Waals surface area contributed by atoms with E-state index in [0.29, 0.717) is 0 Å². The number of halogens is 2. The van der Waals surface area contributed by atoms with E-state index in [0.717, 1.165) is 11.1 Å². The summed E-state index contributed by atoms with van der Waals surface area (Å²) < 4.78 is 40.1. The van der Waals surface area contributed by atoms with Crippen molar-refractivity contribution in [3.63, 3.8) is 0 Å². The van der Waals surface area contributed by atoms with Crippen molar-refractivity contribution >= 4 is 21.6 Å². The van der Waals surface area contributed by atoms with Gasteiger partial charge < -0.3 is 0 Å². The molecule has 106 valence electrons. The van der Waals surface area contributed by atoms with Gasteiger partial charge in [-0.3, -0.25) is 0 Å². The van der Waals surface area contributed by atoms with Gasteiger partial charge in [-0.1, -0.05) is 47.5 Å². The van der Waals surface area contributed by atoms with Gasteiger partial charge in [-0.2, -0.15) is 0 Å². The van der Waals surface area contributed by atoms with Crippen LogP contribution in [0.2, 0.25) is 5.02 Å². The Balaban J connectivity index is 2.19. The SMILES string of the molecule is Cc1ccc(CNS(=O)(=O)c2cccc(Cl)c2F)cc1. The number of rotatable bonds is 4. The van der Waals surface area contributed by atoms with E-state index in [1.54, 1.807) is 0 Å². The predicted molar refractivity (Wildman–Crippen MR) is 76.6 cm³/mol. The molecule has 0 fully saturated rings. The van der Waals surface area contributed by atoms with Crippen molar-refractivity contribution in [1.29, 1.82) is 0 Å². The van der Waals surface area contributed by atoms with E-state index < -0.39 is 20.7 Å². The Hall–Kier alpha value is -1.43. The normalized spacial score (nSPS) is 11.6. The third-order valence-corrected chi connectivity index (χ3v) is 4.50. The molecule has 0 aliphatic rings. The van der Waals surface area contributed by atoms with Crippen LogP contribution in [-0.2, 0) is 16.6 Å². The maximum Gasteiger partial charge on any atom is 0.243 e. The molecular formula is C14H13ClFNO2S. The first-order valence-corrected chi connectivity index (χ1v) is 7.75. The second kappa shape index (κ2) is 5.91. The fourth-order valence-corrected chi connectivity index (χ4v) is 3.00. The van der Waals surface area contributed by atoms with Crippen LogP contribution in [0.5, 0.6) is 0 Å². The second-order valence-corrected chi connectivity index (χ2v) is 6.50. The van der Waals surface area contributed by atoms with Crippen LogP contribution < -0.4 is 4.72 Å². The molecule has 2 aromatic carbocycles. The molecule has 0 heterocycles. The van der Waals surface area contributed by atoms with Gasteiger partial charge in [-0.25, -0.2) is 17.5 Å². The first kappa shape index (κ1) is 15.0. The van der Waals surface area contributed by atoms with E-state index in [9.17, 15) is 12.8 Å². The summed E-state index contributed by atoms with van der Waals surface area (Å²) in [6.45, 7) is 2.03. The highest BCUT2D eigenvalue weighted by Gasteiger charge is 2.20. The van der Waals surface area contributed by atoms with Crippen molar-refractivity contribution in [1.82, 2.24) is 4.72 Å². The molecule has 0 radical (unpaired) electrons. The highest BCUT2D eigenvalue weighted by atomic mass is 35.5. The lowest BCUT2D eigenvalue weighted by molar-refractivity contribution is 0.557. The molecule has 2 aromatic rings. The molecule has 0 bridgehead atoms. The number of nitrogens with one attached hydrogen (secondary N) is 1. The van der Waals surface area contributed by atoms with Crippen LogP contribution in [0.3, 0.4) is 0 Å². The third-order valence-electron chi connectivity index (χ3n) is 2.79. The minimum atomic E-state index is -3.93. The van der Waals surface area contributed by atoms with Gasteiger partial charge in [-0.05, 0) is 24.6 Å². The Morgan fingerprint density at radius 2 is 1.80 bits per heavy atom. The predicted octanol–water partition coefficient (Wildman–Crippen LogP) is 3.27. The topological polar surface area (TPSA) is 46.2 Å². The lowest BCUT2D eigenvalue weighted by atomic mass is 10.2. The average molecular weight is 314 g/mol. The number of sulfonamides is 1. The van der Waals surface area contributed by atoms with Gasteiger partial charge in [0.1, 0.15) is 4.90 Å². The Morgan fingerprint density at radius 3 is 2.45 bits per heavy atom. The molecule has 6 heteroatoms. The Morgan fingerprint density at radius 1 is 1.15 bits per heavy atom. The summed E-state index contributed by atoms with van der Waals surface area (Å²) in [6, 6.07) is 11.3. The largest absolute Gasteiger partial charge is 0.243 e. The molecule has 0 saturated carbocycles. The van der Waals surface area contributed by atoms with Gasteiger partial charge in [0.15, 0.2) is 5.82 Å². The van der Waals surface area contributed by atoms with Crippen molar-refractivity contribution < 1.29 is 12.8 Å². The van der Waals surface area contributed by atoms with Crippen molar-refractivity contribution in [3.8, 4) is 0 Å². The van der Waals surface area contributed by atoms with Crippen molar-refractivity contribution in [2.45, 2.75) is 18.4 Å². The fourth-order valence-electron chi connectivity index (χ4n) is 1.65. The lowest BCUT2D eigenvalue weighted by Crippen LogP contribution is -2.24. The van der Waals surface area contributed by atoms with Crippen LogP contribution in [0.15, 0.2) is 47.4 Å². The molecule has 0 aromatic heterocycles. The quantitative estimate of drug-likeness (QED) is 0.941. The minimum absolute atomic E-state index is 0.0918. The van der Waals surface area contributed by atoms with Crippen LogP contribution in [0, 0.1) is 12.7 Å². The summed E-state index contributed by atoms with van der Waals surface area (Å²) in [5, 5.41) is -0.219. The smallest absolute Gasteiger partial charge is 0.207 e. The number of hydrogen-bond acceptors (Lipinski definition) is 2.